The number of carbonyl (C=O) groups is 1. The summed E-state index contributed by atoms with van der Waals surface area (Å²) in [4.78, 5) is 19.1. The first-order chi connectivity index (χ1) is 11.1. The first-order valence-corrected chi connectivity index (χ1v) is 7.35. The maximum absolute atomic E-state index is 11.0. The zero-order valence-electron chi connectivity index (χ0n) is 12.6. The van der Waals surface area contributed by atoms with Crippen LogP contribution in [0.2, 0.25) is 0 Å². The van der Waals surface area contributed by atoms with Crippen molar-refractivity contribution >= 4 is 17.6 Å². The van der Waals surface area contributed by atoms with Crippen LogP contribution in [0.4, 0.5) is 11.6 Å². The fourth-order valence-corrected chi connectivity index (χ4v) is 2.75. The molecule has 0 saturated heterocycles. The monoisotopic (exact) mass is 312 g/mol. The van der Waals surface area contributed by atoms with E-state index in [0.29, 0.717) is 11.6 Å². The zero-order valence-corrected chi connectivity index (χ0v) is 12.6. The van der Waals surface area contributed by atoms with Gasteiger partial charge in [-0.15, -0.1) is 0 Å². The molecule has 0 spiro atoms. The van der Waals surface area contributed by atoms with Crippen LogP contribution < -0.4 is 5.32 Å². The normalized spacial score (nSPS) is 20.0. The van der Waals surface area contributed by atoms with Gasteiger partial charge in [0, 0.05) is 18.9 Å². The van der Waals surface area contributed by atoms with Crippen LogP contribution in [0.15, 0.2) is 18.5 Å². The molecule has 1 aliphatic rings. The fraction of sp³-hybridized carbons (Fsp3) is 0.400. The van der Waals surface area contributed by atoms with E-state index in [0.717, 1.165) is 25.0 Å². The second-order valence-corrected chi connectivity index (χ2v) is 5.47. The molecular weight excluding hydrogens is 296 g/mol. The standard InChI is InChI=1S/C15H16N6O2/c1-9(22)23-12-3-2-10(4-12)13-5-14(21-20-13)19-15-8-17-11(6-16)7-18-15/h5,7-8,10,12H,2-4H2,1H3,(H2,18,19,20,21). The van der Waals surface area contributed by atoms with Crippen LogP contribution >= 0.6 is 0 Å². The zero-order chi connectivity index (χ0) is 16.2. The number of hydrogen-bond acceptors (Lipinski definition) is 7. The molecule has 2 heterocycles. The number of nitrogens with zero attached hydrogens (tertiary/aromatic N) is 4. The van der Waals surface area contributed by atoms with Gasteiger partial charge >= 0.3 is 5.97 Å². The third-order valence-corrected chi connectivity index (χ3v) is 3.76. The van der Waals surface area contributed by atoms with Gasteiger partial charge in [-0.25, -0.2) is 9.97 Å². The Labute approximate surface area is 132 Å². The maximum Gasteiger partial charge on any atom is 0.302 e. The minimum Gasteiger partial charge on any atom is -0.463 e. The van der Waals surface area contributed by atoms with Gasteiger partial charge in [-0.2, -0.15) is 10.4 Å². The molecule has 0 bridgehead atoms. The molecule has 1 aliphatic carbocycles. The topological polar surface area (TPSA) is 117 Å². The number of anilines is 2. The molecule has 1 fully saturated rings. The van der Waals surface area contributed by atoms with Gasteiger partial charge in [0.2, 0.25) is 0 Å². The summed E-state index contributed by atoms with van der Waals surface area (Å²) in [5, 5.41) is 19.0. The number of carbonyl (C=O) groups excluding carboxylic acids is 1. The van der Waals surface area contributed by atoms with E-state index >= 15 is 0 Å². The van der Waals surface area contributed by atoms with Crippen LogP contribution in [-0.4, -0.2) is 32.2 Å². The Morgan fingerprint density at radius 2 is 2.30 bits per heavy atom. The van der Waals surface area contributed by atoms with Gasteiger partial charge in [-0.3, -0.25) is 9.89 Å². The summed E-state index contributed by atoms with van der Waals surface area (Å²) in [5.74, 6) is 1.27. The second-order valence-electron chi connectivity index (χ2n) is 5.47. The molecule has 2 aromatic rings. The summed E-state index contributed by atoms with van der Waals surface area (Å²) >= 11 is 0. The largest absolute Gasteiger partial charge is 0.463 e. The average molecular weight is 312 g/mol. The molecule has 2 aromatic heterocycles. The van der Waals surface area contributed by atoms with Crippen LogP contribution in [-0.2, 0) is 9.53 Å². The van der Waals surface area contributed by atoms with E-state index in [9.17, 15) is 4.79 Å². The summed E-state index contributed by atoms with van der Waals surface area (Å²) in [7, 11) is 0. The number of rotatable bonds is 4. The van der Waals surface area contributed by atoms with Gasteiger partial charge in [0.15, 0.2) is 5.69 Å². The number of nitriles is 1. The van der Waals surface area contributed by atoms with E-state index < -0.39 is 0 Å². The molecule has 0 aliphatic heterocycles. The summed E-state index contributed by atoms with van der Waals surface area (Å²) in [5.41, 5.74) is 1.20. The molecule has 8 nitrogen and oxygen atoms in total. The lowest BCUT2D eigenvalue weighted by Crippen LogP contribution is -2.12. The second kappa shape index (κ2) is 6.44. The van der Waals surface area contributed by atoms with E-state index in [1.165, 1.54) is 19.3 Å². The predicted molar refractivity (Wildman–Crippen MR) is 80.8 cm³/mol. The van der Waals surface area contributed by atoms with Crippen molar-refractivity contribution < 1.29 is 9.53 Å². The van der Waals surface area contributed by atoms with Crippen LogP contribution in [0.25, 0.3) is 0 Å². The lowest BCUT2D eigenvalue weighted by molar-refractivity contribution is -0.145. The van der Waals surface area contributed by atoms with Crippen LogP contribution in [0.5, 0.6) is 0 Å². The van der Waals surface area contributed by atoms with Crippen molar-refractivity contribution in [3.63, 3.8) is 0 Å². The van der Waals surface area contributed by atoms with Crippen LogP contribution in [0.3, 0.4) is 0 Å². The van der Waals surface area contributed by atoms with Crippen molar-refractivity contribution in [2.24, 2.45) is 0 Å². The molecule has 0 radical (unpaired) electrons. The molecule has 0 aromatic carbocycles. The average Bonchev–Trinajstić information content (AvgIpc) is 3.17. The number of aromatic nitrogens is 4. The van der Waals surface area contributed by atoms with Gasteiger partial charge < -0.3 is 10.1 Å². The summed E-state index contributed by atoms with van der Waals surface area (Å²) < 4.78 is 5.25. The molecule has 0 amide bonds. The van der Waals surface area contributed by atoms with Crippen molar-refractivity contribution in [1.29, 1.82) is 5.26 Å². The minimum absolute atomic E-state index is 0.0185. The summed E-state index contributed by atoms with van der Waals surface area (Å²) in [6, 6.07) is 3.84. The molecule has 2 atom stereocenters. The number of H-pyrrole nitrogens is 1. The molecule has 118 valence electrons. The van der Waals surface area contributed by atoms with Gasteiger partial charge in [-0.1, -0.05) is 0 Å². The highest BCUT2D eigenvalue weighted by atomic mass is 16.5. The third kappa shape index (κ3) is 3.63. The maximum atomic E-state index is 11.0. The van der Waals surface area contributed by atoms with Gasteiger partial charge in [0.05, 0.1) is 18.1 Å². The third-order valence-electron chi connectivity index (χ3n) is 3.76. The quantitative estimate of drug-likeness (QED) is 0.829. The van der Waals surface area contributed by atoms with Crippen LogP contribution in [0.1, 0.15) is 43.5 Å². The Morgan fingerprint density at radius 3 is 3.00 bits per heavy atom. The Kier molecular flexibility index (Phi) is 4.19. The van der Waals surface area contributed by atoms with Crippen molar-refractivity contribution in [3.05, 3.63) is 29.8 Å². The number of nitrogens with one attached hydrogen (secondary N) is 2. The molecule has 2 unspecified atom stereocenters. The van der Waals surface area contributed by atoms with E-state index in [2.05, 4.69) is 25.5 Å². The van der Waals surface area contributed by atoms with E-state index in [-0.39, 0.29) is 23.7 Å². The number of hydrogen-bond donors (Lipinski definition) is 2. The molecule has 8 heteroatoms. The van der Waals surface area contributed by atoms with E-state index in [1.807, 2.05) is 12.1 Å². The van der Waals surface area contributed by atoms with Gasteiger partial charge in [0.25, 0.3) is 0 Å². The van der Waals surface area contributed by atoms with Crippen molar-refractivity contribution in [3.8, 4) is 6.07 Å². The Bertz CT molecular complexity index is 733. The highest BCUT2D eigenvalue weighted by Gasteiger charge is 2.29. The predicted octanol–water partition coefficient (Wildman–Crippen LogP) is 2.01. The fourth-order valence-electron chi connectivity index (χ4n) is 2.75. The molecule has 23 heavy (non-hydrogen) atoms. The van der Waals surface area contributed by atoms with Crippen LogP contribution in [0, 0.1) is 11.3 Å². The van der Waals surface area contributed by atoms with E-state index in [4.69, 9.17) is 10.00 Å². The minimum atomic E-state index is -0.237. The van der Waals surface area contributed by atoms with E-state index in [1.54, 1.807) is 0 Å². The molecule has 1 saturated carbocycles. The molecule has 3 rings (SSSR count). The highest BCUT2D eigenvalue weighted by Crippen LogP contribution is 2.35. The highest BCUT2D eigenvalue weighted by molar-refractivity contribution is 5.66. The number of aromatic amines is 1. The Morgan fingerprint density at radius 1 is 1.43 bits per heavy atom. The molecule has 2 N–H and O–H groups in total. The SMILES string of the molecule is CC(=O)OC1CCC(c2cc(Nc3cnc(C#N)cn3)[nH]n2)C1. The van der Waals surface area contributed by atoms with Gasteiger partial charge in [-0.05, 0) is 19.3 Å². The lowest BCUT2D eigenvalue weighted by Gasteiger charge is -2.09. The van der Waals surface area contributed by atoms with Gasteiger partial charge in [0.1, 0.15) is 23.8 Å². The summed E-state index contributed by atoms with van der Waals surface area (Å²) in [6.07, 6.45) is 5.47. The molecular formula is C15H16N6O2. The first-order valence-electron chi connectivity index (χ1n) is 7.35. The Balaban J connectivity index is 1.62. The van der Waals surface area contributed by atoms with Crippen molar-refractivity contribution in [2.45, 2.75) is 38.2 Å². The van der Waals surface area contributed by atoms with Crippen molar-refractivity contribution in [2.75, 3.05) is 5.32 Å². The smallest absolute Gasteiger partial charge is 0.302 e. The lowest BCUT2D eigenvalue weighted by atomic mass is 10.0. The van der Waals surface area contributed by atoms with Crippen molar-refractivity contribution in [1.82, 2.24) is 20.2 Å². The first kappa shape index (κ1) is 15.0. The number of ether oxygens (including phenoxy) is 1. The number of esters is 1. The Hall–Kier alpha value is -2.95. The summed E-state index contributed by atoms with van der Waals surface area (Å²) in [6.45, 7) is 1.43.